The lowest BCUT2D eigenvalue weighted by Crippen LogP contribution is -2.55. The number of hydrogen-bond acceptors (Lipinski definition) is 6. The molecule has 0 radical (unpaired) electrons. The Bertz CT molecular complexity index is 736. The van der Waals surface area contributed by atoms with Crippen LogP contribution in [0, 0.1) is 5.82 Å². The fraction of sp³-hybridized carbons (Fsp3) is 0.400. The number of aliphatic hydroxyl groups excluding tert-OH is 4. The van der Waals surface area contributed by atoms with Crippen LogP contribution in [0.25, 0.3) is 0 Å². The number of halogens is 1. The van der Waals surface area contributed by atoms with Gasteiger partial charge in [-0.15, -0.1) is 0 Å². The zero-order valence-corrected chi connectivity index (χ0v) is 14.6. The minimum absolute atomic E-state index is 0.281. The Kier molecular flexibility index (Phi) is 6.41. The third-order valence-electron chi connectivity index (χ3n) is 4.65. The number of ether oxygens (including phenoxy) is 2. The lowest BCUT2D eigenvalue weighted by molar-refractivity contribution is -0.231. The van der Waals surface area contributed by atoms with Gasteiger partial charge >= 0.3 is 0 Å². The quantitative estimate of drug-likeness (QED) is 0.598. The SMILES string of the molecule is OCC1OC(c2ccc(OCCc3cccc(F)c3)cc2)C(O)C(O)C1O. The number of hydrogen-bond donors (Lipinski definition) is 4. The fourth-order valence-corrected chi connectivity index (χ4v) is 3.11. The van der Waals surface area contributed by atoms with Crippen molar-refractivity contribution >= 4 is 0 Å². The lowest BCUT2D eigenvalue weighted by atomic mass is 9.91. The highest BCUT2D eigenvalue weighted by Crippen LogP contribution is 2.33. The van der Waals surface area contributed by atoms with Gasteiger partial charge in [-0.3, -0.25) is 0 Å². The second kappa shape index (κ2) is 8.77. The van der Waals surface area contributed by atoms with Crippen LogP contribution in [0.15, 0.2) is 48.5 Å². The van der Waals surface area contributed by atoms with E-state index in [0.29, 0.717) is 24.3 Å². The summed E-state index contributed by atoms with van der Waals surface area (Å²) in [4.78, 5) is 0. The maximum Gasteiger partial charge on any atom is 0.123 e. The molecule has 0 bridgehead atoms. The van der Waals surface area contributed by atoms with Crippen LogP contribution < -0.4 is 4.74 Å². The van der Waals surface area contributed by atoms with Crippen LogP contribution in [0.1, 0.15) is 17.2 Å². The van der Waals surface area contributed by atoms with Crippen molar-refractivity contribution in [1.82, 2.24) is 0 Å². The molecule has 1 saturated heterocycles. The van der Waals surface area contributed by atoms with Crippen molar-refractivity contribution in [3.63, 3.8) is 0 Å². The summed E-state index contributed by atoms with van der Waals surface area (Å²) in [5.74, 6) is 0.316. The summed E-state index contributed by atoms with van der Waals surface area (Å²) in [5, 5.41) is 39.1. The molecule has 1 aliphatic heterocycles. The van der Waals surface area contributed by atoms with Gasteiger partial charge in [0.2, 0.25) is 0 Å². The first-order valence-electron chi connectivity index (χ1n) is 8.77. The summed E-state index contributed by atoms with van der Waals surface area (Å²) in [6.07, 6.45) is -5.37. The maximum atomic E-state index is 13.2. The molecule has 0 spiro atoms. The average Bonchev–Trinajstić information content (AvgIpc) is 2.67. The van der Waals surface area contributed by atoms with E-state index >= 15 is 0 Å². The summed E-state index contributed by atoms with van der Waals surface area (Å²) in [6, 6.07) is 13.1. The molecule has 6 nitrogen and oxygen atoms in total. The molecule has 146 valence electrons. The molecule has 1 aliphatic rings. The lowest BCUT2D eigenvalue weighted by Gasteiger charge is -2.40. The molecule has 5 unspecified atom stereocenters. The summed E-state index contributed by atoms with van der Waals surface area (Å²) in [5.41, 5.74) is 1.43. The molecule has 0 aliphatic carbocycles. The molecule has 2 aromatic carbocycles. The molecule has 4 N–H and O–H groups in total. The Morgan fingerprint density at radius 3 is 2.37 bits per heavy atom. The molecule has 27 heavy (non-hydrogen) atoms. The Balaban J connectivity index is 1.59. The Hall–Kier alpha value is -2.03. The predicted octanol–water partition coefficient (Wildman–Crippen LogP) is 0.962. The van der Waals surface area contributed by atoms with Crippen molar-refractivity contribution < 1.29 is 34.3 Å². The van der Waals surface area contributed by atoms with Gasteiger partial charge in [0, 0.05) is 6.42 Å². The number of benzene rings is 2. The molecule has 0 saturated carbocycles. The van der Waals surface area contributed by atoms with Crippen LogP contribution >= 0.6 is 0 Å². The van der Waals surface area contributed by atoms with Gasteiger partial charge in [-0.25, -0.2) is 4.39 Å². The van der Waals surface area contributed by atoms with Crippen molar-refractivity contribution in [3.05, 3.63) is 65.5 Å². The monoisotopic (exact) mass is 378 g/mol. The predicted molar refractivity (Wildman–Crippen MR) is 94.8 cm³/mol. The van der Waals surface area contributed by atoms with Crippen LogP contribution in [0.4, 0.5) is 4.39 Å². The van der Waals surface area contributed by atoms with Crippen molar-refractivity contribution in [2.45, 2.75) is 36.9 Å². The maximum absolute atomic E-state index is 13.2. The second-order valence-corrected chi connectivity index (χ2v) is 6.55. The molecule has 2 aromatic rings. The number of rotatable bonds is 6. The molecule has 7 heteroatoms. The van der Waals surface area contributed by atoms with E-state index in [2.05, 4.69) is 0 Å². The zero-order chi connectivity index (χ0) is 19.4. The third-order valence-corrected chi connectivity index (χ3v) is 4.65. The summed E-state index contributed by atoms with van der Waals surface area (Å²) >= 11 is 0. The van der Waals surface area contributed by atoms with Gasteiger partial charge in [-0.2, -0.15) is 0 Å². The van der Waals surface area contributed by atoms with E-state index < -0.39 is 37.1 Å². The van der Waals surface area contributed by atoms with E-state index in [0.717, 1.165) is 5.56 Å². The Morgan fingerprint density at radius 2 is 1.70 bits per heavy atom. The smallest absolute Gasteiger partial charge is 0.123 e. The molecular formula is C20H23FO6. The first kappa shape index (κ1) is 19.7. The minimum Gasteiger partial charge on any atom is -0.493 e. The molecule has 3 rings (SSSR count). The van der Waals surface area contributed by atoms with Crippen LogP contribution in [-0.2, 0) is 11.2 Å². The molecule has 0 amide bonds. The van der Waals surface area contributed by atoms with E-state index in [1.54, 1.807) is 30.3 Å². The highest BCUT2D eigenvalue weighted by Gasteiger charge is 2.43. The molecule has 5 atom stereocenters. The van der Waals surface area contributed by atoms with Gasteiger partial charge in [0.25, 0.3) is 0 Å². The zero-order valence-electron chi connectivity index (χ0n) is 14.6. The van der Waals surface area contributed by atoms with Gasteiger partial charge in [-0.1, -0.05) is 24.3 Å². The molecule has 1 heterocycles. The van der Waals surface area contributed by atoms with Crippen LogP contribution in [0.3, 0.4) is 0 Å². The van der Waals surface area contributed by atoms with Crippen LogP contribution in [-0.4, -0.2) is 58.1 Å². The Morgan fingerprint density at radius 1 is 0.963 bits per heavy atom. The van der Waals surface area contributed by atoms with E-state index in [9.17, 15) is 24.8 Å². The van der Waals surface area contributed by atoms with Gasteiger partial charge in [-0.05, 0) is 35.4 Å². The normalized spacial score (nSPS) is 28.1. The van der Waals surface area contributed by atoms with Crippen molar-refractivity contribution in [2.75, 3.05) is 13.2 Å². The highest BCUT2D eigenvalue weighted by atomic mass is 19.1. The molecular weight excluding hydrogens is 355 g/mol. The Labute approximate surface area is 156 Å². The molecule has 0 aromatic heterocycles. The highest BCUT2D eigenvalue weighted by molar-refractivity contribution is 5.30. The van der Waals surface area contributed by atoms with E-state index in [4.69, 9.17) is 9.47 Å². The summed E-state index contributed by atoms with van der Waals surface area (Å²) in [7, 11) is 0. The number of aliphatic hydroxyl groups is 4. The first-order chi connectivity index (χ1) is 13.0. The first-order valence-corrected chi connectivity index (χ1v) is 8.77. The summed E-state index contributed by atoms with van der Waals surface area (Å²) < 4.78 is 24.3. The third kappa shape index (κ3) is 4.63. The second-order valence-electron chi connectivity index (χ2n) is 6.55. The molecule has 1 fully saturated rings. The van der Waals surface area contributed by atoms with Crippen molar-refractivity contribution in [3.8, 4) is 5.75 Å². The van der Waals surface area contributed by atoms with E-state index in [1.165, 1.54) is 12.1 Å². The average molecular weight is 378 g/mol. The van der Waals surface area contributed by atoms with Crippen molar-refractivity contribution in [1.29, 1.82) is 0 Å². The van der Waals surface area contributed by atoms with Gasteiger partial charge in [0.1, 0.15) is 42.1 Å². The van der Waals surface area contributed by atoms with Gasteiger partial charge in [0.15, 0.2) is 0 Å². The van der Waals surface area contributed by atoms with Crippen molar-refractivity contribution in [2.24, 2.45) is 0 Å². The fourth-order valence-electron chi connectivity index (χ4n) is 3.11. The largest absolute Gasteiger partial charge is 0.493 e. The topological polar surface area (TPSA) is 99.4 Å². The van der Waals surface area contributed by atoms with Gasteiger partial charge in [0.05, 0.1) is 13.2 Å². The van der Waals surface area contributed by atoms with Gasteiger partial charge < -0.3 is 29.9 Å². The standard InChI is InChI=1S/C20H23FO6/c21-14-3-1-2-12(10-14)8-9-26-15-6-4-13(5-7-15)20-19(25)18(24)17(23)16(11-22)27-20/h1-7,10,16-20,22-25H,8-9,11H2. The minimum atomic E-state index is -1.41. The summed E-state index contributed by atoms with van der Waals surface area (Å²) in [6.45, 7) is -0.0917. The van der Waals surface area contributed by atoms with Crippen LogP contribution in [0.2, 0.25) is 0 Å². The van der Waals surface area contributed by atoms with E-state index in [-0.39, 0.29) is 5.82 Å². The van der Waals surface area contributed by atoms with E-state index in [1.807, 2.05) is 6.07 Å². The van der Waals surface area contributed by atoms with Crippen LogP contribution in [0.5, 0.6) is 5.75 Å².